The molecule has 0 fully saturated rings. The first-order valence-corrected chi connectivity index (χ1v) is 9.78. The molecule has 0 aliphatic heterocycles. The van der Waals surface area contributed by atoms with Crippen molar-refractivity contribution in [1.29, 1.82) is 0 Å². The molecule has 0 N–H and O–H groups in total. The Balaban J connectivity index is 2.32. The minimum Gasteiger partial charge on any atom is -0.379 e. The van der Waals surface area contributed by atoms with E-state index in [1.807, 2.05) is 0 Å². The number of aryl methyl sites for hydroxylation is 1. The number of rotatable bonds is 4. The minimum absolute atomic E-state index is 0.0359. The van der Waals surface area contributed by atoms with E-state index in [1.165, 1.54) is 42.5 Å². The van der Waals surface area contributed by atoms with Gasteiger partial charge in [-0.3, -0.25) is 0 Å². The number of benzene rings is 2. The molecule has 2 rings (SSSR count). The Bertz CT molecular complexity index is 901. The van der Waals surface area contributed by atoms with Crippen LogP contribution in [0.5, 0.6) is 5.75 Å². The Hall–Kier alpha value is -1.57. The van der Waals surface area contributed by atoms with Crippen LogP contribution in [0.25, 0.3) is 0 Å². The molecule has 22 heavy (non-hydrogen) atoms. The second-order valence-electron chi connectivity index (χ2n) is 4.69. The first-order valence-electron chi connectivity index (χ1n) is 6.10. The van der Waals surface area contributed by atoms with Crippen molar-refractivity contribution < 1.29 is 21.0 Å². The fourth-order valence-electron chi connectivity index (χ4n) is 1.70. The van der Waals surface area contributed by atoms with Crippen molar-refractivity contribution in [2.45, 2.75) is 16.7 Å². The van der Waals surface area contributed by atoms with Gasteiger partial charge in [0.1, 0.15) is 10.6 Å². The number of hydrogen-bond donors (Lipinski definition) is 0. The SMILES string of the molecule is Cc1cc(OS(=O)(=O)c2ccc(S(C)(=O)=O)cc2)ccc1Cl. The van der Waals surface area contributed by atoms with E-state index in [0.29, 0.717) is 10.6 Å². The summed E-state index contributed by atoms with van der Waals surface area (Å²) in [7, 11) is -7.43. The van der Waals surface area contributed by atoms with Gasteiger partial charge in [-0.1, -0.05) is 11.6 Å². The Kier molecular flexibility index (Phi) is 4.51. The summed E-state index contributed by atoms with van der Waals surface area (Å²) in [4.78, 5) is -0.0960. The monoisotopic (exact) mass is 360 g/mol. The number of hydrogen-bond acceptors (Lipinski definition) is 5. The third-order valence-corrected chi connectivity index (χ3v) is 5.69. The molecule has 0 aliphatic carbocycles. The van der Waals surface area contributed by atoms with Crippen LogP contribution in [0.4, 0.5) is 0 Å². The molecule has 5 nitrogen and oxygen atoms in total. The topological polar surface area (TPSA) is 77.5 Å². The highest BCUT2D eigenvalue weighted by Crippen LogP contribution is 2.24. The third-order valence-electron chi connectivity index (χ3n) is 2.88. The molecule has 118 valence electrons. The van der Waals surface area contributed by atoms with Crippen LogP contribution >= 0.6 is 11.6 Å². The molecule has 0 spiro atoms. The van der Waals surface area contributed by atoms with Gasteiger partial charge < -0.3 is 4.18 Å². The molecule has 0 saturated carbocycles. The van der Waals surface area contributed by atoms with Gasteiger partial charge in [0.15, 0.2) is 9.84 Å². The summed E-state index contributed by atoms with van der Waals surface area (Å²) in [6.45, 7) is 1.72. The van der Waals surface area contributed by atoms with Gasteiger partial charge in [-0.2, -0.15) is 8.42 Å². The summed E-state index contributed by atoms with van der Waals surface area (Å²) in [5.41, 5.74) is 0.682. The van der Waals surface area contributed by atoms with Gasteiger partial charge in [0.25, 0.3) is 0 Å². The van der Waals surface area contributed by atoms with Gasteiger partial charge >= 0.3 is 10.1 Å². The lowest BCUT2D eigenvalue weighted by Gasteiger charge is -2.08. The van der Waals surface area contributed by atoms with E-state index >= 15 is 0 Å². The van der Waals surface area contributed by atoms with Crippen molar-refractivity contribution in [3.05, 3.63) is 53.1 Å². The summed E-state index contributed by atoms with van der Waals surface area (Å²) >= 11 is 5.87. The van der Waals surface area contributed by atoms with E-state index in [4.69, 9.17) is 15.8 Å². The lowest BCUT2D eigenvalue weighted by Crippen LogP contribution is -2.10. The Morgan fingerprint density at radius 3 is 1.95 bits per heavy atom. The molecule has 0 heterocycles. The second kappa shape index (κ2) is 5.91. The zero-order valence-corrected chi connectivity index (χ0v) is 14.2. The van der Waals surface area contributed by atoms with Gasteiger partial charge in [0, 0.05) is 11.3 Å². The van der Waals surface area contributed by atoms with Gasteiger partial charge in [-0.05, 0) is 55.0 Å². The molecular formula is C14H13ClO5S2. The van der Waals surface area contributed by atoms with Gasteiger partial charge in [-0.15, -0.1) is 0 Å². The van der Waals surface area contributed by atoms with Crippen molar-refractivity contribution in [1.82, 2.24) is 0 Å². The van der Waals surface area contributed by atoms with Crippen molar-refractivity contribution in [3.8, 4) is 5.75 Å². The highest BCUT2D eigenvalue weighted by Gasteiger charge is 2.18. The molecule has 0 bridgehead atoms. The maximum absolute atomic E-state index is 12.2. The summed E-state index contributed by atoms with van der Waals surface area (Å²) in [6, 6.07) is 9.30. The quantitative estimate of drug-likeness (QED) is 0.783. The van der Waals surface area contributed by atoms with E-state index in [-0.39, 0.29) is 15.5 Å². The van der Waals surface area contributed by atoms with Gasteiger partial charge in [-0.25, -0.2) is 8.42 Å². The molecule has 2 aromatic rings. The lowest BCUT2D eigenvalue weighted by atomic mass is 10.2. The summed E-state index contributed by atoms with van der Waals surface area (Å²) in [5, 5.41) is 0.502. The van der Waals surface area contributed by atoms with Crippen molar-refractivity contribution in [3.63, 3.8) is 0 Å². The Morgan fingerprint density at radius 1 is 0.909 bits per heavy atom. The Morgan fingerprint density at radius 2 is 1.45 bits per heavy atom. The molecular weight excluding hydrogens is 348 g/mol. The Labute approximate surface area is 134 Å². The molecule has 0 amide bonds. The van der Waals surface area contributed by atoms with Crippen LogP contribution in [0.15, 0.2) is 52.3 Å². The third kappa shape index (κ3) is 3.79. The van der Waals surface area contributed by atoms with E-state index in [2.05, 4.69) is 0 Å². The predicted molar refractivity (Wildman–Crippen MR) is 83.6 cm³/mol. The van der Waals surface area contributed by atoms with Crippen LogP contribution in [0.1, 0.15) is 5.56 Å². The van der Waals surface area contributed by atoms with Crippen molar-refractivity contribution in [2.24, 2.45) is 0 Å². The van der Waals surface area contributed by atoms with Crippen LogP contribution in [0.2, 0.25) is 5.02 Å². The van der Waals surface area contributed by atoms with Crippen molar-refractivity contribution >= 4 is 31.6 Å². The second-order valence-corrected chi connectivity index (χ2v) is 8.66. The lowest BCUT2D eigenvalue weighted by molar-refractivity contribution is 0.485. The minimum atomic E-state index is -4.04. The maximum atomic E-state index is 12.2. The fourth-order valence-corrected chi connectivity index (χ4v) is 3.37. The van der Waals surface area contributed by atoms with Gasteiger partial charge in [0.2, 0.25) is 0 Å². The van der Waals surface area contributed by atoms with Crippen LogP contribution in [-0.4, -0.2) is 23.1 Å². The average Bonchev–Trinajstić information content (AvgIpc) is 2.42. The number of halogens is 1. The highest BCUT2D eigenvalue weighted by atomic mass is 35.5. The smallest absolute Gasteiger partial charge is 0.339 e. The van der Waals surface area contributed by atoms with E-state index in [1.54, 1.807) is 6.92 Å². The normalized spacial score (nSPS) is 12.1. The molecule has 0 unspecified atom stereocenters. The summed E-state index contributed by atoms with van der Waals surface area (Å²) < 4.78 is 52.0. The van der Waals surface area contributed by atoms with E-state index < -0.39 is 20.0 Å². The molecule has 0 radical (unpaired) electrons. The molecule has 0 aromatic heterocycles. The summed E-state index contributed by atoms with van der Waals surface area (Å²) in [5.74, 6) is 0.133. The summed E-state index contributed by atoms with van der Waals surface area (Å²) in [6.07, 6.45) is 1.05. The molecule has 0 saturated heterocycles. The van der Waals surface area contributed by atoms with Crippen molar-refractivity contribution in [2.75, 3.05) is 6.26 Å². The molecule has 0 aliphatic rings. The average molecular weight is 361 g/mol. The molecule has 8 heteroatoms. The highest BCUT2D eigenvalue weighted by molar-refractivity contribution is 7.90. The molecule has 2 aromatic carbocycles. The number of sulfone groups is 1. The van der Waals surface area contributed by atoms with Crippen LogP contribution in [0, 0.1) is 6.92 Å². The van der Waals surface area contributed by atoms with Gasteiger partial charge in [0.05, 0.1) is 4.90 Å². The van der Waals surface area contributed by atoms with Crippen LogP contribution < -0.4 is 4.18 Å². The van der Waals surface area contributed by atoms with Crippen LogP contribution in [0.3, 0.4) is 0 Å². The fraction of sp³-hybridized carbons (Fsp3) is 0.143. The first kappa shape index (κ1) is 16.8. The standard InChI is InChI=1S/C14H13ClO5S2/c1-10-9-11(3-8-14(10)15)20-22(18,19)13-6-4-12(5-7-13)21(2,16)17/h3-9H,1-2H3. The van der Waals surface area contributed by atoms with Crippen LogP contribution in [-0.2, 0) is 20.0 Å². The first-order chi connectivity index (χ1) is 10.1. The zero-order valence-electron chi connectivity index (χ0n) is 11.8. The maximum Gasteiger partial charge on any atom is 0.339 e. The predicted octanol–water partition coefficient (Wildman–Crippen LogP) is 2.82. The zero-order chi connectivity index (χ0) is 16.5. The largest absolute Gasteiger partial charge is 0.379 e. The molecule has 0 atom stereocenters. The van der Waals surface area contributed by atoms with E-state index in [0.717, 1.165) is 6.26 Å². The van der Waals surface area contributed by atoms with E-state index in [9.17, 15) is 16.8 Å².